The Bertz CT molecular complexity index is 1050. The summed E-state index contributed by atoms with van der Waals surface area (Å²) in [5.74, 6) is 0. The summed E-state index contributed by atoms with van der Waals surface area (Å²) < 4.78 is 3.17. The lowest BCUT2D eigenvalue weighted by Gasteiger charge is -2.20. The van der Waals surface area contributed by atoms with Crippen LogP contribution in [0.5, 0.6) is 0 Å². The topological polar surface area (TPSA) is 84.2 Å². The molecule has 0 aliphatic rings. The summed E-state index contributed by atoms with van der Waals surface area (Å²) in [5.41, 5.74) is 4.05. The maximum absolute atomic E-state index is 12.6. The molecule has 8 heteroatoms. The van der Waals surface area contributed by atoms with E-state index in [4.69, 9.17) is 0 Å². The molecule has 0 bridgehead atoms. The highest BCUT2D eigenvalue weighted by Gasteiger charge is 2.16. The van der Waals surface area contributed by atoms with Crippen LogP contribution >= 0.6 is 0 Å². The molecule has 0 fully saturated rings. The Hall–Kier alpha value is -3.29. The van der Waals surface area contributed by atoms with E-state index in [1.54, 1.807) is 35.6 Å². The lowest BCUT2D eigenvalue weighted by molar-refractivity contribution is 0.249. The first-order chi connectivity index (χ1) is 13.3. The van der Waals surface area contributed by atoms with Crippen LogP contribution < -0.4 is 21.2 Å². The number of imidazole rings is 1. The van der Waals surface area contributed by atoms with Crippen molar-refractivity contribution in [2.45, 2.75) is 19.4 Å². The fourth-order valence-corrected chi connectivity index (χ4v) is 3.31. The molecule has 2 heterocycles. The maximum Gasteiger partial charge on any atom is 0.328 e. The normalized spacial score (nSPS) is 12.0. The molecule has 0 radical (unpaired) electrons. The number of carbonyl (C=O) groups is 1. The van der Waals surface area contributed by atoms with Crippen molar-refractivity contribution in [1.82, 2.24) is 19.4 Å². The Morgan fingerprint density at radius 3 is 2.36 bits per heavy atom. The maximum atomic E-state index is 12.6. The minimum atomic E-state index is -0.287. The number of hydrogen-bond donors (Lipinski definition) is 2. The average molecular weight is 382 g/mol. The zero-order valence-electron chi connectivity index (χ0n) is 16.9. The number of pyridine rings is 1. The van der Waals surface area contributed by atoms with Crippen LogP contribution in [0.2, 0.25) is 0 Å². The summed E-state index contributed by atoms with van der Waals surface area (Å²) in [6, 6.07) is 7.28. The van der Waals surface area contributed by atoms with Gasteiger partial charge in [-0.1, -0.05) is 0 Å². The Kier molecular flexibility index (Phi) is 5.39. The molecule has 0 aliphatic carbocycles. The fourth-order valence-electron chi connectivity index (χ4n) is 3.31. The van der Waals surface area contributed by atoms with Crippen molar-refractivity contribution in [2.24, 2.45) is 14.1 Å². The molecule has 148 valence electrons. The third kappa shape index (κ3) is 3.85. The summed E-state index contributed by atoms with van der Waals surface area (Å²) in [6.07, 6.45) is 4.19. The first-order valence-electron chi connectivity index (χ1n) is 9.11. The molecular weight excluding hydrogens is 356 g/mol. The van der Waals surface area contributed by atoms with Gasteiger partial charge >= 0.3 is 11.7 Å². The third-order valence-electron chi connectivity index (χ3n) is 4.79. The Morgan fingerprint density at radius 2 is 1.75 bits per heavy atom. The Morgan fingerprint density at radius 1 is 1.14 bits per heavy atom. The van der Waals surface area contributed by atoms with Crippen molar-refractivity contribution in [3.05, 3.63) is 52.7 Å². The van der Waals surface area contributed by atoms with Gasteiger partial charge in [-0.05, 0) is 43.2 Å². The van der Waals surface area contributed by atoms with Crippen molar-refractivity contribution in [3.63, 3.8) is 0 Å². The van der Waals surface area contributed by atoms with Gasteiger partial charge in [-0.15, -0.1) is 0 Å². The van der Waals surface area contributed by atoms with E-state index in [1.165, 1.54) is 0 Å². The number of urea groups is 1. The minimum Gasteiger partial charge on any atom is -0.376 e. The highest BCUT2D eigenvalue weighted by molar-refractivity contribution is 5.97. The summed E-state index contributed by atoms with van der Waals surface area (Å²) in [6.45, 7) is 1.96. The van der Waals surface area contributed by atoms with Gasteiger partial charge in [0, 0.05) is 46.6 Å². The molecule has 1 atom stereocenters. The van der Waals surface area contributed by atoms with Gasteiger partial charge in [-0.25, -0.2) is 9.59 Å². The van der Waals surface area contributed by atoms with E-state index in [0.717, 1.165) is 22.3 Å². The number of hydrogen-bond acceptors (Lipinski definition) is 4. The largest absolute Gasteiger partial charge is 0.376 e. The summed E-state index contributed by atoms with van der Waals surface area (Å²) in [5, 5.41) is 5.89. The van der Waals surface area contributed by atoms with E-state index in [1.807, 2.05) is 50.2 Å². The zero-order chi connectivity index (χ0) is 20.4. The molecule has 0 saturated carbocycles. The van der Waals surface area contributed by atoms with Gasteiger partial charge in [0.2, 0.25) is 0 Å². The molecule has 8 nitrogen and oxygen atoms in total. The molecule has 2 aromatic heterocycles. The Labute approximate surface area is 163 Å². The molecule has 0 aliphatic heterocycles. The average Bonchev–Trinajstić information content (AvgIpc) is 2.85. The number of nitrogens with one attached hydrogen (secondary N) is 2. The van der Waals surface area contributed by atoms with Crippen LogP contribution in [0, 0.1) is 0 Å². The SMILES string of the molecule is C[C@@H](Cc1ccncc1)NC(=O)Nc1cc2c(cc1N(C)C)n(C)c(=O)n2C. The summed E-state index contributed by atoms with van der Waals surface area (Å²) in [4.78, 5) is 30.7. The monoisotopic (exact) mass is 382 g/mol. The van der Waals surface area contributed by atoms with Crippen LogP contribution in [0.4, 0.5) is 16.2 Å². The molecule has 3 aromatic rings. The first kappa shape index (κ1) is 19.5. The zero-order valence-corrected chi connectivity index (χ0v) is 16.9. The van der Waals surface area contributed by atoms with Gasteiger partial charge in [0.25, 0.3) is 0 Å². The lowest BCUT2D eigenvalue weighted by Crippen LogP contribution is -2.37. The number of rotatable bonds is 5. The molecule has 0 spiro atoms. The van der Waals surface area contributed by atoms with Crippen LogP contribution in [0.25, 0.3) is 11.0 Å². The molecule has 1 aromatic carbocycles. The van der Waals surface area contributed by atoms with Gasteiger partial charge in [0.15, 0.2) is 0 Å². The smallest absolute Gasteiger partial charge is 0.328 e. The number of anilines is 2. The van der Waals surface area contributed by atoms with E-state index in [2.05, 4.69) is 15.6 Å². The van der Waals surface area contributed by atoms with Crippen molar-refractivity contribution in [1.29, 1.82) is 0 Å². The van der Waals surface area contributed by atoms with E-state index in [0.29, 0.717) is 12.1 Å². The van der Waals surface area contributed by atoms with Gasteiger partial charge < -0.3 is 15.5 Å². The van der Waals surface area contributed by atoms with Crippen molar-refractivity contribution < 1.29 is 4.79 Å². The second kappa shape index (κ2) is 7.75. The van der Waals surface area contributed by atoms with Gasteiger partial charge in [-0.3, -0.25) is 14.1 Å². The number of amides is 2. The standard InChI is InChI=1S/C20H26N6O2/c1-13(10-14-6-8-21-9-7-14)22-19(27)23-15-11-17-18(12-16(15)24(2)3)26(5)20(28)25(17)4/h6-9,11-13H,10H2,1-5H3,(H2,22,23,27)/t13-/m0/s1. The minimum absolute atomic E-state index is 0.0463. The number of carbonyl (C=O) groups excluding carboxylic acids is 1. The van der Waals surface area contributed by atoms with Crippen LogP contribution in [0.15, 0.2) is 41.5 Å². The van der Waals surface area contributed by atoms with Gasteiger partial charge in [0.05, 0.1) is 22.4 Å². The number of fused-ring (bicyclic) bond motifs is 1. The highest BCUT2D eigenvalue weighted by atomic mass is 16.2. The number of aromatic nitrogens is 3. The van der Waals surface area contributed by atoms with Crippen molar-refractivity contribution >= 4 is 28.4 Å². The van der Waals surface area contributed by atoms with Crippen LogP contribution in [0.3, 0.4) is 0 Å². The number of nitrogens with zero attached hydrogens (tertiary/aromatic N) is 4. The Balaban J connectivity index is 1.82. The molecular formula is C20H26N6O2. The van der Waals surface area contributed by atoms with Crippen molar-refractivity contribution in [3.8, 4) is 0 Å². The molecule has 2 N–H and O–H groups in total. The van der Waals surface area contributed by atoms with Crippen LogP contribution in [-0.2, 0) is 20.5 Å². The molecule has 2 amide bonds. The fraction of sp³-hybridized carbons (Fsp3) is 0.350. The van der Waals surface area contributed by atoms with Crippen molar-refractivity contribution in [2.75, 3.05) is 24.3 Å². The molecule has 0 unspecified atom stereocenters. The van der Waals surface area contributed by atoms with Gasteiger partial charge in [-0.2, -0.15) is 0 Å². The molecule has 0 saturated heterocycles. The van der Waals surface area contributed by atoms with E-state index >= 15 is 0 Å². The third-order valence-corrected chi connectivity index (χ3v) is 4.79. The van der Waals surface area contributed by atoms with Crippen LogP contribution in [0.1, 0.15) is 12.5 Å². The van der Waals surface area contributed by atoms with Gasteiger partial charge in [0.1, 0.15) is 0 Å². The quantitative estimate of drug-likeness (QED) is 0.708. The van der Waals surface area contributed by atoms with E-state index in [9.17, 15) is 9.59 Å². The predicted molar refractivity (Wildman–Crippen MR) is 112 cm³/mol. The molecule has 28 heavy (non-hydrogen) atoms. The van der Waals surface area contributed by atoms with Crippen LogP contribution in [-0.4, -0.2) is 40.3 Å². The predicted octanol–water partition coefficient (Wildman–Crippen LogP) is 2.09. The lowest BCUT2D eigenvalue weighted by atomic mass is 10.1. The number of aryl methyl sites for hydroxylation is 2. The van der Waals surface area contributed by atoms with E-state index in [-0.39, 0.29) is 17.8 Å². The highest BCUT2D eigenvalue weighted by Crippen LogP contribution is 2.29. The summed E-state index contributed by atoms with van der Waals surface area (Å²) in [7, 11) is 7.26. The molecule has 3 rings (SSSR count). The summed E-state index contributed by atoms with van der Waals surface area (Å²) >= 11 is 0. The second-order valence-electron chi connectivity index (χ2n) is 7.21. The first-order valence-corrected chi connectivity index (χ1v) is 9.11. The second-order valence-corrected chi connectivity index (χ2v) is 7.21. The van der Waals surface area contributed by atoms with E-state index < -0.39 is 0 Å². The number of benzene rings is 1.